The maximum absolute atomic E-state index is 5.64. The number of anilines is 2. The Bertz CT molecular complexity index is 777. The van der Waals surface area contributed by atoms with E-state index >= 15 is 0 Å². The second kappa shape index (κ2) is 7.86. The molecule has 1 saturated heterocycles. The van der Waals surface area contributed by atoms with E-state index < -0.39 is 0 Å². The molecular formula is C19H28N6O. The molecule has 0 unspecified atom stereocenters. The van der Waals surface area contributed by atoms with Gasteiger partial charge in [-0.2, -0.15) is 10.1 Å². The van der Waals surface area contributed by atoms with Crippen LogP contribution in [-0.4, -0.2) is 51.4 Å². The Hall–Kier alpha value is -2.41. The van der Waals surface area contributed by atoms with Gasteiger partial charge in [-0.3, -0.25) is 4.68 Å². The second-order valence-corrected chi connectivity index (χ2v) is 6.76. The molecule has 0 saturated carbocycles. The molecule has 1 aliphatic rings. The average Bonchev–Trinajstić information content (AvgIpc) is 2.96. The van der Waals surface area contributed by atoms with Crippen LogP contribution in [0.2, 0.25) is 0 Å². The lowest BCUT2D eigenvalue weighted by atomic mass is 10.1. The van der Waals surface area contributed by atoms with Crippen molar-refractivity contribution in [3.8, 4) is 5.88 Å². The topological polar surface area (TPSA) is 68.1 Å². The number of aromatic nitrogens is 4. The minimum absolute atomic E-state index is 0.449. The van der Waals surface area contributed by atoms with Gasteiger partial charge in [0.05, 0.1) is 35.3 Å². The summed E-state index contributed by atoms with van der Waals surface area (Å²) in [5.41, 5.74) is 3.53. The molecule has 1 aliphatic heterocycles. The molecule has 0 aliphatic carbocycles. The summed E-state index contributed by atoms with van der Waals surface area (Å²) < 4.78 is 7.72. The fraction of sp³-hybridized carbons (Fsp3) is 0.526. The van der Waals surface area contributed by atoms with E-state index in [1.165, 1.54) is 0 Å². The van der Waals surface area contributed by atoms with Crippen molar-refractivity contribution in [1.29, 1.82) is 0 Å². The summed E-state index contributed by atoms with van der Waals surface area (Å²) in [6.07, 6.45) is 6.03. The van der Waals surface area contributed by atoms with Crippen molar-refractivity contribution in [3.63, 3.8) is 0 Å². The van der Waals surface area contributed by atoms with Crippen LogP contribution in [0.1, 0.15) is 42.8 Å². The lowest BCUT2D eigenvalue weighted by Crippen LogP contribution is -2.31. The van der Waals surface area contributed by atoms with Crippen LogP contribution in [0.3, 0.4) is 0 Å². The van der Waals surface area contributed by atoms with Crippen LogP contribution in [0.5, 0.6) is 5.88 Å². The Labute approximate surface area is 155 Å². The molecule has 3 heterocycles. The standard InChI is InChI=1S/C19H28N6O/c1-6-16-13(3)20-19(22-18(16)26-7-2)21-17-12-25(23-14(17)4)15-8-10-24(5)11-9-15/h6,12,15H,1,7-11H2,2-5H3,(H,20,21,22). The molecule has 7 heteroatoms. The molecule has 0 amide bonds. The van der Waals surface area contributed by atoms with Gasteiger partial charge >= 0.3 is 0 Å². The van der Waals surface area contributed by atoms with E-state index in [1.54, 1.807) is 6.08 Å². The van der Waals surface area contributed by atoms with Gasteiger partial charge in [0.15, 0.2) is 0 Å². The van der Waals surface area contributed by atoms with E-state index in [-0.39, 0.29) is 0 Å². The highest BCUT2D eigenvalue weighted by Crippen LogP contribution is 2.27. The van der Waals surface area contributed by atoms with Gasteiger partial charge in [-0.25, -0.2) is 4.98 Å². The molecule has 0 radical (unpaired) electrons. The Kier molecular flexibility index (Phi) is 5.56. The van der Waals surface area contributed by atoms with Crippen molar-refractivity contribution in [2.75, 3.05) is 32.1 Å². The minimum Gasteiger partial charge on any atom is -0.477 e. The van der Waals surface area contributed by atoms with E-state index in [0.29, 0.717) is 24.5 Å². The molecule has 3 rings (SSSR count). The predicted molar refractivity (Wildman–Crippen MR) is 104 cm³/mol. The maximum Gasteiger partial charge on any atom is 0.230 e. The van der Waals surface area contributed by atoms with Gasteiger partial charge in [0.2, 0.25) is 11.8 Å². The van der Waals surface area contributed by atoms with Crippen molar-refractivity contribution in [3.05, 3.63) is 29.7 Å². The van der Waals surface area contributed by atoms with Gasteiger partial charge in [-0.15, -0.1) is 0 Å². The van der Waals surface area contributed by atoms with Crippen LogP contribution in [0.25, 0.3) is 6.08 Å². The van der Waals surface area contributed by atoms with Crippen LogP contribution < -0.4 is 10.1 Å². The predicted octanol–water partition coefficient (Wildman–Crippen LogP) is 3.34. The number of hydrogen-bond donors (Lipinski definition) is 1. The number of likely N-dealkylation sites (tertiary alicyclic amines) is 1. The molecule has 0 aromatic carbocycles. The zero-order valence-electron chi connectivity index (χ0n) is 16.1. The molecule has 0 spiro atoms. The number of nitrogens with zero attached hydrogens (tertiary/aromatic N) is 5. The van der Waals surface area contributed by atoms with E-state index in [4.69, 9.17) is 9.84 Å². The molecule has 26 heavy (non-hydrogen) atoms. The first-order valence-electron chi connectivity index (χ1n) is 9.17. The van der Waals surface area contributed by atoms with Gasteiger partial charge in [0.25, 0.3) is 0 Å². The van der Waals surface area contributed by atoms with Crippen LogP contribution in [-0.2, 0) is 0 Å². The Morgan fingerprint density at radius 1 is 1.27 bits per heavy atom. The maximum atomic E-state index is 5.64. The van der Waals surface area contributed by atoms with Crippen LogP contribution in [0.15, 0.2) is 12.8 Å². The third-order valence-electron chi connectivity index (χ3n) is 4.81. The van der Waals surface area contributed by atoms with Gasteiger partial charge in [-0.05, 0) is 53.8 Å². The van der Waals surface area contributed by atoms with Gasteiger partial charge in [0.1, 0.15) is 0 Å². The smallest absolute Gasteiger partial charge is 0.230 e. The molecule has 2 aromatic rings. The number of rotatable bonds is 6. The van der Waals surface area contributed by atoms with E-state index in [1.807, 2.05) is 20.8 Å². The Balaban J connectivity index is 1.82. The summed E-state index contributed by atoms with van der Waals surface area (Å²) in [5, 5.41) is 8.00. The van der Waals surface area contributed by atoms with Crippen molar-refractivity contribution >= 4 is 17.7 Å². The van der Waals surface area contributed by atoms with Gasteiger partial charge in [-0.1, -0.05) is 12.7 Å². The summed E-state index contributed by atoms with van der Waals surface area (Å²) in [6, 6.07) is 0.449. The molecule has 7 nitrogen and oxygen atoms in total. The summed E-state index contributed by atoms with van der Waals surface area (Å²) >= 11 is 0. The number of piperidine rings is 1. The third kappa shape index (κ3) is 3.88. The van der Waals surface area contributed by atoms with E-state index in [0.717, 1.165) is 48.6 Å². The molecule has 0 atom stereocenters. The molecule has 1 fully saturated rings. The fourth-order valence-corrected chi connectivity index (χ4v) is 3.26. The number of nitrogens with one attached hydrogen (secondary N) is 1. The van der Waals surface area contributed by atoms with Crippen LogP contribution in [0, 0.1) is 13.8 Å². The largest absolute Gasteiger partial charge is 0.477 e. The van der Waals surface area contributed by atoms with Gasteiger partial charge in [0, 0.05) is 6.20 Å². The second-order valence-electron chi connectivity index (χ2n) is 6.76. The summed E-state index contributed by atoms with van der Waals surface area (Å²) in [6.45, 7) is 12.5. The average molecular weight is 356 g/mol. The zero-order valence-corrected chi connectivity index (χ0v) is 16.1. The minimum atomic E-state index is 0.449. The van der Waals surface area contributed by atoms with E-state index in [2.05, 4.69) is 44.7 Å². The fourth-order valence-electron chi connectivity index (χ4n) is 3.26. The Morgan fingerprint density at radius 3 is 2.65 bits per heavy atom. The van der Waals surface area contributed by atoms with Gasteiger partial charge < -0.3 is 15.0 Å². The highest BCUT2D eigenvalue weighted by atomic mass is 16.5. The van der Waals surface area contributed by atoms with E-state index in [9.17, 15) is 0 Å². The number of hydrogen-bond acceptors (Lipinski definition) is 6. The Morgan fingerprint density at radius 2 is 2.00 bits per heavy atom. The highest BCUT2D eigenvalue weighted by molar-refractivity contribution is 5.60. The first-order chi connectivity index (χ1) is 12.5. The van der Waals surface area contributed by atoms with Crippen molar-refractivity contribution in [2.45, 2.75) is 39.7 Å². The summed E-state index contributed by atoms with van der Waals surface area (Å²) in [7, 11) is 2.17. The highest BCUT2D eigenvalue weighted by Gasteiger charge is 2.20. The number of aryl methyl sites for hydroxylation is 2. The summed E-state index contributed by atoms with van der Waals surface area (Å²) in [5.74, 6) is 1.07. The van der Waals surface area contributed by atoms with Crippen LogP contribution >= 0.6 is 0 Å². The van der Waals surface area contributed by atoms with Crippen molar-refractivity contribution < 1.29 is 4.74 Å². The van der Waals surface area contributed by atoms with Crippen LogP contribution in [0.4, 0.5) is 11.6 Å². The monoisotopic (exact) mass is 356 g/mol. The number of ether oxygens (including phenoxy) is 1. The molecule has 0 bridgehead atoms. The van der Waals surface area contributed by atoms with Crippen molar-refractivity contribution in [1.82, 2.24) is 24.6 Å². The molecular weight excluding hydrogens is 328 g/mol. The quantitative estimate of drug-likeness (QED) is 0.856. The lowest BCUT2D eigenvalue weighted by molar-refractivity contribution is 0.212. The third-order valence-corrected chi connectivity index (χ3v) is 4.81. The first kappa shape index (κ1) is 18.4. The zero-order chi connectivity index (χ0) is 18.7. The SMILES string of the molecule is C=Cc1c(C)nc(Nc2cn(C3CCN(C)CC3)nc2C)nc1OCC. The molecule has 140 valence electrons. The van der Waals surface area contributed by atoms with Crippen molar-refractivity contribution in [2.24, 2.45) is 0 Å². The molecule has 2 aromatic heterocycles. The first-order valence-corrected chi connectivity index (χ1v) is 9.17. The normalized spacial score (nSPS) is 15.8. The lowest BCUT2D eigenvalue weighted by Gasteiger charge is -2.28. The summed E-state index contributed by atoms with van der Waals surface area (Å²) in [4.78, 5) is 11.4. The molecule has 1 N–H and O–H groups in total.